The number of carbonyl (C=O) groups excluding carboxylic acids is 1. The van der Waals surface area contributed by atoms with Crippen LogP contribution in [0, 0.1) is 20.8 Å². The molecular formula is C24H29N5O2. The first-order valence-corrected chi connectivity index (χ1v) is 10.7. The molecular weight excluding hydrogens is 390 g/mol. The van der Waals surface area contributed by atoms with Gasteiger partial charge in [0.05, 0.1) is 0 Å². The molecule has 1 saturated heterocycles. The Hall–Kier alpha value is -3.19. The average Bonchev–Trinajstić information content (AvgIpc) is 3.18. The third-order valence-electron chi connectivity index (χ3n) is 5.92. The lowest BCUT2D eigenvalue weighted by Crippen LogP contribution is -2.42. The van der Waals surface area contributed by atoms with Crippen molar-refractivity contribution in [2.24, 2.45) is 0 Å². The Morgan fingerprint density at radius 3 is 2.45 bits per heavy atom. The third-order valence-corrected chi connectivity index (χ3v) is 5.92. The Morgan fingerprint density at radius 1 is 1.06 bits per heavy atom. The number of nitrogens with zero attached hydrogens (tertiary/aromatic N) is 3. The summed E-state index contributed by atoms with van der Waals surface area (Å²) >= 11 is 0. The fraction of sp³-hybridized carbons (Fsp3) is 0.375. The zero-order chi connectivity index (χ0) is 21.8. The van der Waals surface area contributed by atoms with Crippen LogP contribution in [0.3, 0.4) is 0 Å². The van der Waals surface area contributed by atoms with Gasteiger partial charge in [0.15, 0.2) is 0 Å². The number of amides is 1. The van der Waals surface area contributed by atoms with Gasteiger partial charge in [0.1, 0.15) is 11.4 Å². The molecule has 1 aromatic heterocycles. The predicted octanol–water partition coefficient (Wildman–Crippen LogP) is 4.01. The first-order chi connectivity index (χ1) is 15.0. The summed E-state index contributed by atoms with van der Waals surface area (Å²) in [6, 6.07) is 14.4. The van der Waals surface area contributed by atoms with Crippen molar-refractivity contribution < 1.29 is 9.42 Å². The lowest BCUT2D eigenvalue weighted by Gasteiger charge is -2.34. The van der Waals surface area contributed by atoms with Gasteiger partial charge in [-0.1, -0.05) is 28.0 Å². The minimum Gasteiger partial charge on any atom is -0.371 e. The predicted molar refractivity (Wildman–Crippen MR) is 121 cm³/mol. The maximum atomic E-state index is 12.6. The van der Waals surface area contributed by atoms with Crippen molar-refractivity contribution in [2.45, 2.75) is 46.2 Å². The minimum absolute atomic E-state index is 0.0744. The van der Waals surface area contributed by atoms with E-state index in [0.717, 1.165) is 54.1 Å². The molecule has 0 radical (unpaired) electrons. The molecule has 0 unspecified atom stereocenters. The molecule has 2 N–H and O–H groups in total. The molecule has 1 fully saturated rings. The summed E-state index contributed by atoms with van der Waals surface area (Å²) < 4.78 is 4.75. The van der Waals surface area contributed by atoms with Crippen LogP contribution in [0.25, 0.3) is 0 Å². The second-order valence-electron chi connectivity index (χ2n) is 8.26. The lowest BCUT2D eigenvalue weighted by atomic mass is 10.0. The smallest absolute Gasteiger partial charge is 0.255 e. The molecule has 7 heteroatoms. The number of aryl methyl sites for hydroxylation is 3. The van der Waals surface area contributed by atoms with Gasteiger partial charge in [-0.2, -0.15) is 0 Å². The fourth-order valence-electron chi connectivity index (χ4n) is 4.02. The van der Waals surface area contributed by atoms with Crippen LogP contribution in [0.15, 0.2) is 47.1 Å². The summed E-state index contributed by atoms with van der Waals surface area (Å²) in [6.45, 7) is 8.57. The molecule has 1 amide bonds. The Balaban J connectivity index is 1.28. The highest BCUT2D eigenvalue weighted by Crippen LogP contribution is 2.23. The summed E-state index contributed by atoms with van der Waals surface area (Å²) in [5.74, 6) is -0.0744. The van der Waals surface area contributed by atoms with Gasteiger partial charge in [0.25, 0.3) is 5.91 Å². The van der Waals surface area contributed by atoms with Crippen molar-refractivity contribution >= 4 is 17.3 Å². The van der Waals surface area contributed by atoms with Crippen LogP contribution in [0.4, 0.5) is 11.4 Å². The van der Waals surface area contributed by atoms with Crippen LogP contribution in [0.2, 0.25) is 0 Å². The van der Waals surface area contributed by atoms with Crippen LogP contribution in [0.5, 0.6) is 0 Å². The van der Waals surface area contributed by atoms with Crippen molar-refractivity contribution in [3.8, 4) is 0 Å². The van der Waals surface area contributed by atoms with Gasteiger partial charge < -0.3 is 15.5 Å². The lowest BCUT2D eigenvalue weighted by molar-refractivity contribution is 0.102. The van der Waals surface area contributed by atoms with E-state index in [1.165, 1.54) is 5.69 Å². The molecule has 2 heterocycles. The van der Waals surface area contributed by atoms with Crippen molar-refractivity contribution in [1.82, 2.24) is 15.6 Å². The van der Waals surface area contributed by atoms with Crippen LogP contribution >= 0.6 is 0 Å². The van der Waals surface area contributed by atoms with E-state index in [0.29, 0.717) is 18.2 Å². The molecule has 0 spiro atoms. The number of rotatable bonds is 6. The van der Waals surface area contributed by atoms with E-state index >= 15 is 0 Å². The molecule has 2 aromatic carbocycles. The number of aromatic nitrogens is 2. The number of carbonyl (C=O) groups is 1. The molecule has 162 valence electrons. The van der Waals surface area contributed by atoms with Crippen LogP contribution in [-0.4, -0.2) is 35.4 Å². The van der Waals surface area contributed by atoms with E-state index in [1.807, 2.05) is 51.1 Å². The molecule has 7 nitrogen and oxygen atoms in total. The summed E-state index contributed by atoms with van der Waals surface area (Å²) in [4.78, 5) is 15.0. The number of nitrogens with one attached hydrogen (secondary N) is 2. The normalized spacial score (nSPS) is 14.6. The van der Waals surface area contributed by atoms with Crippen LogP contribution < -0.4 is 15.5 Å². The Kier molecular flexibility index (Phi) is 6.32. The Labute approximate surface area is 182 Å². The maximum absolute atomic E-state index is 12.6. The molecule has 4 rings (SSSR count). The summed E-state index contributed by atoms with van der Waals surface area (Å²) in [5, 5.41) is 14.3. The van der Waals surface area contributed by atoms with E-state index in [1.54, 1.807) is 0 Å². The quantitative estimate of drug-likeness (QED) is 0.628. The molecule has 0 bridgehead atoms. The van der Waals surface area contributed by atoms with E-state index in [2.05, 4.69) is 38.0 Å². The van der Waals surface area contributed by atoms with Gasteiger partial charge in [0, 0.05) is 42.6 Å². The Morgan fingerprint density at radius 2 is 1.81 bits per heavy atom. The molecule has 1 aliphatic heterocycles. The van der Waals surface area contributed by atoms with Crippen molar-refractivity contribution in [1.29, 1.82) is 0 Å². The first-order valence-electron chi connectivity index (χ1n) is 10.7. The largest absolute Gasteiger partial charge is 0.371 e. The van der Waals surface area contributed by atoms with Gasteiger partial charge >= 0.3 is 0 Å². The summed E-state index contributed by atoms with van der Waals surface area (Å²) in [7, 11) is 0. The zero-order valence-electron chi connectivity index (χ0n) is 18.3. The standard InChI is InChI=1S/C24H29N5O2/c1-16-4-9-22(17(2)14-16)24(30)26-20-5-7-21(8-6-20)29-12-10-19(11-13-29)25-15-23-18(3)27-31-28-23/h4-9,14,19,25H,10-13,15H2,1-3H3,(H,26,30). The monoisotopic (exact) mass is 419 g/mol. The van der Waals surface area contributed by atoms with Gasteiger partial charge in [-0.25, -0.2) is 4.63 Å². The third kappa shape index (κ3) is 5.11. The summed E-state index contributed by atoms with van der Waals surface area (Å²) in [5.41, 5.74) is 6.56. The van der Waals surface area contributed by atoms with Crippen LogP contribution in [0.1, 0.15) is 45.7 Å². The number of benzene rings is 2. The van der Waals surface area contributed by atoms with E-state index < -0.39 is 0 Å². The number of hydrogen-bond acceptors (Lipinski definition) is 6. The van der Waals surface area contributed by atoms with Crippen molar-refractivity contribution in [2.75, 3.05) is 23.3 Å². The number of anilines is 2. The van der Waals surface area contributed by atoms with Gasteiger partial charge in [0.2, 0.25) is 0 Å². The maximum Gasteiger partial charge on any atom is 0.255 e. The topological polar surface area (TPSA) is 83.3 Å². The van der Waals surface area contributed by atoms with Crippen LogP contribution in [-0.2, 0) is 6.54 Å². The highest BCUT2D eigenvalue weighted by Gasteiger charge is 2.20. The first kappa shape index (κ1) is 21.1. The van der Waals surface area contributed by atoms with Crippen molar-refractivity contribution in [3.63, 3.8) is 0 Å². The fourth-order valence-corrected chi connectivity index (χ4v) is 4.02. The number of hydrogen-bond donors (Lipinski definition) is 2. The van der Waals surface area contributed by atoms with Gasteiger partial charge in [-0.15, -0.1) is 0 Å². The molecule has 0 aliphatic carbocycles. The minimum atomic E-state index is -0.0744. The van der Waals surface area contributed by atoms with E-state index in [9.17, 15) is 4.79 Å². The molecule has 0 atom stereocenters. The molecule has 3 aromatic rings. The highest BCUT2D eigenvalue weighted by atomic mass is 16.6. The second-order valence-corrected chi connectivity index (χ2v) is 8.26. The van der Waals surface area contributed by atoms with E-state index in [4.69, 9.17) is 4.63 Å². The summed E-state index contributed by atoms with van der Waals surface area (Å²) in [6.07, 6.45) is 2.13. The zero-order valence-corrected chi connectivity index (χ0v) is 18.3. The SMILES string of the molecule is Cc1ccc(C(=O)Nc2ccc(N3CCC(NCc4nonc4C)CC3)cc2)c(C)c1. The Bertz CT molecular complexity index is 1040. The second kappa shape index (κ2) is 9.31. The highest BCUT2D eigenvalue weighted by molar-refractivity contribution is 6.05. The molecule has 0 saturated carbocycles. The van der Waals surface area contributed by atoms with Crippen molar-refractivity contribution in [3.05, 3.63) is 70.5 Å². The number of piperidine rings is 1. The molecule has 31 heavy (non-hydrogen) atoms. The van der Waals surface area contributed by atoms with Gasteiger partial charge in [-0.3, -0.25) is 4.79 Å². The molecule has 1 aliphatic rings. The average molecular weight is 420 g/mol. The van der Waals surface area contributed by atoms with E-state index in [-0.39, 0.29) is 5.91 Å². The van der Waals surface area contributed by atoms with Gasteiger partial charge in [-0.05, 0) is 69.5 Å².